The molecule has 4 heteroatoms. The van der Waals surface area contributed by atoms with Crippen molar-refractivity contribution in [3.63, 3.8) is 0 Å². The third kappa shape index (κ3) is 1.84. The van der Waals surface area contributed by atoms with Gasteiger partial charge in [0.1, 0.15) is 11.6 Å². The number of aromatic nitrogens is 3. The van der Waals surface area contributed by atoms with E-state index in [1.807, 2.05) is 53.2 Å². The summed E-state index contributed by atoms with van der Waals surface area (Å²) in [6, 6.07) is 13.4. The molecule has 18 heavy (non-hydrogen) atoms. The van der Waals surface area contributed by atoms with Crippen LogP contribution < -0.4 is 5.73 Å². The average Bonchev–Trinajstić information content (AvgIpc) is 2.89. The highest BCUT2D eigenvalue weighted by Crippen LogP contribution is 2.21. The molecule has 0 bridgehead atoms. The third-order valence-electron chi connectivity index (χ3n) is 2.68. The quantitative estimate of drug-likeness (QED) is 0.695. The molecule has 0 fully saturated rings. The number of nitrogens with two attached hydrogens (primary N) is 1. The van der Waals surface area contributed by atoms with E-state index >= 15 is 0 Å². The number of hydrogen-bond acceptors (Lipinski definition) is 3. The lowest BCUT2D eigenvalue weighted by Gasteiger charge is -2.07. The normalized spacial score (nSPS) is 10.4. The first-order valence-electron chi connectivity index (χ1n) is 5.65. The summed E-state index contributed by atoms with van der Waals surface area (Å²) in [5.74, 6) is 1.67. The van der Waals surface area contributed by atoms with Crippen LogP contribution in [0.1, 0.15) is 0 Å². The van der Waals surface area contributed by atoms with Crippen molar-refractivity contribution in [1.82, 2.24) is 14.5 Å². The van der Waals surface area contributed by atoms with Gasteiger partial charge in [-0.1, -0.05) is 18.2 Å². The Labute approximate surface area is 105 Å². The van der Waals surface area contributed by atoms with Gasteiger partial charge in [-0.15, -0.1) is 0 Å². The number of imidazole rings is 1. The molecule has 3 rings (SSSR count). The molecule has 0 aliphatic rings. The molecule has 3 aromatic rings. The van der Waals surface area contributed by atoms with Crippen molar-refractivity contribution in [3.05, 3.63) is 61.1 Å². The molecule has 0 saturated carbocycles. The SMILES string of the molecule is Nc1cccc(-c2nccn2-c2ccccn2)c1. The Morgan fingerprint density at radius 1 is 0.944 bits per heavy atom. The van der Waals surface area contributed by atoms with Gasteiger partial charge in [0, 0.05) is 29.8 Å². The minimum Gasteiger partial charge on any atom is -0.399 e. The van der Waals surface area contributed by atoms with Crippen LogP contribution in [0.5, 0.6) is 0 Å². The van der Waals surface area contributed by atoms with Crippen LogP contribution in [0.3, 0.4) is 0 Å². The Balaban J connectivity index is 2.13. The van der Waals surface area contributed by atoms with Crippen LogP contribution >= 0.6 is 0 Å². The highest BCUT2D eigenvalue weighted by Gasteiger charge is 2.07. The zero-order chi connectivity index (χ0) is 12.4. The zero-order valence-electron chi connectivity index (χ0n) is 9.69. The Bertz CT molecular complexity index is 658. The van der Waals surface area contributed by atoms with Crippen molar-refractivity contribution in [2.24, 2.45) is 0 Å². The average molecular weight is 236 g/mol. The summed E-state index contributed by atoms with van der Waals surface area (Å²) in [4.78, 5) is 8.69. The fourth-order valence-corrected chi connectivity index (χ4v) is 1.88. The summed E-state index contributed by atoms with van der Waals surface area (Å²) in [6.07, 6.45) is 5.41. The first kappa shape index (κ1) is 10.5. The van der Waals surface area contributed by atoms with Crippen molar-refractivity contribution in [2.75, 3.05) is 5.73 Å². The van der Waals surface area contributed by atoms with Gasteiger partial charge in [-0.25, -0.2) is 9.97 Å². The molecule has 4 nitrogen and oxygen atoms in total. The van der Waals surface area contributed by atoms with Crippen LogP contribution in [0.2, 0.25) is 0 Å². The third-order valence-corrected chi connectivity index (χ3v) is 2.68. The smallest absolute Gasteiger partial charge is 0.145 e. The molecular formula is C14H12N4. The lowest BCUT2D eigenvalue weighted by molar-refractivity contribution is 1.00. The number of nitrogens with zero attached hydrogens (tertiary/aromatic N) is 3. The number of pyridine rings is 1. The minimum atomic E-state index is 0.725. The van der Waals surface area contributed by atoms with Gasteiger partial charge in [-0.05, 0) is 24.3 Å². The van der Waals surface area contributed by atoms with Crippen LogP contribution in [0.4, 0.5) is 5.69 Å². The Morgan fingerprint density at radius 2 is 1.89 bits per heavy atom. The molecule has 1 aromatic carbocycles. The molecule has 0 amide bonds. The van der Waals surface area contributed by atoms with E-state index < -0.39 is 0 Å². The topological polar surface area (TPSA) is 56.7 Å². The number of anilines is 1. The van der Waals surface area contributed by atoms with E-state index in [1.54, 1.807) is 12.4 Å². The van der Waals surface area contributed by atoms with E-state index in [2.05, 4.69) is 9.97 Å². The van der Waals surface area contributed by atoms with Crippen molar-refractivity contribution in [3.8, 4) is 17.2 Å². The van der Waals surface area contributed by atoms with Crippen LogP contribution in [0.25, 0.3) is 17.2 Å². The van der Waals surface area contributed by atoms with Crippen molar-refractivity contribution < 1.29 is 0 Å². The lowest BCUT2D eigenvalue weighted by atomic mass is 10.2. The molecule has 2 N–H and O–H groups in total. The van der Waals surface area contributed by atoms with E-state index in [-0.39, 0.29) is 0 Å². The molecule has 0 radical (unpaired) electrons. The van der Waals surface area contributed by atoms with Crippen LogP contribution in [0, 0.1) is 0 Å². The first-order chi connectivity index (χ1) is 8.84. The van der Waals surface area contributed by atoms with E-state index in [4.69, 9.17) is 5.73 Å². The maximum absolute atomic E-state index is 5.80. The van der Waals surface area contributed by atoms with Gasteiger partial charge < -0.3 is 5.73 Å². The van der Waals surface area contributed by atoms with Gasteiger partial charge in [0.25, 0.3) is 0 Å². The Hall–Kier alpha value is -2.62. The number of benzene rings is 1. The van der Waals surface area contributed by atoms with E-state index in [0.29, 0.717) is 0 Å². The molecule has 2 aromatic heterocycles. The second-order valence-electron chi connectivity index (χ2n) is 3.93. The summed E-state index contributed by atoms with van der Waals surface area (Å²) in [6.45, 7) is 0. The molecule has 0 spiro atoms. The molecule has 0 aliphatic heterocycles. The van der Waals surface area contributed by atoms with Gasteiger partial charge in [0.15, 0.2) is 0 Å². The number of nitrogen functional groups attached to an aromatic ring is 1. The summed E-state index contributed by atoms with van der Waals surface area (Å²) < 4.78 is 1.94. The predicted molar refractivity (Wildman–Crippen MR) is 71.2 cm³/mol. The van der Waals surface area contributed by atoms with E-state index in [0.717, 1.165) is 22.9 Å². The van der Waals surface area contributed by atoms with Gasteiger partial charge in [0.2, 0.25) is 0 Å². The summed E-state index contributed by atoms with van der Waals surface area (Å²) >= 11 is 0. The molecule has 88 valence electrons. The number of hydrogen-bond donors (Lipinski definition) is 1. The van der Waals surface area contributed by atoms with Gasteiger partial charge in [0.05, 0.1) is 0 Å². The Kier molecular flexibility index (Phi) is 2.53. The summed E-state index contributed by atoms with van der Waals surface area (Å²) in [5.41, 5.74) is 7.50. The van der Waals surface area contributed by atoms with Crippen LogP contribution in [-0.4, -0.2) is 14.5 Å². The Morgan fingerprint density at radius 3 is 2.67 bits per heavy atom. The monoisotopic (exact) mass is 236 g/mol. The molecule has 0 unspecified atom stereocenters. The van der Waals surface area contributed by atoms with Crippen molar-refractivity contribution in [2.45, 2.75) is 0 Å². The largest absolute Gasteiger partial charge is 0.399 e. The molecule has 2 heterocycles. The molecule has 0 saturated heterocycles. The van der Waals surface area contributed by atoms with Crippen LogP contribution in [0.15, 0.2) is 61.1 Å². The lowest BCUT2D eigenvalue weighted by Crippen LogP contribution is -1.98. The van der Waals surface area contributed by atoms with Crippen molar-refractivity contribution in [1.29, 1.82) is 0 Å². The first-order valence-corrected chi connectivity index (χ1v) is 5.65. The zero-order valence-corrected chi connectivity index (χ0v) is 9.69. The van der Waals surface area contributed by atoms with Crippen molar-refractivity contribution >= 4 is 5.69 Å². The van der Waals surface area contributed by atoms with Gasteiger partial charge in [-0.3, -0.25) is 4.57 Å². The molecule has 0 aliphatic carbocycles. The second-order valence-corrected chi connectivity index (χ2v) is 3.93. The standard InChI is InChI=1S/C14H12N4/c15-12-5-3-4-11(10-12)14-17-8-9-18(14)13-6-1-2-7-16-13/h1-10H,15H2. The highest BCUT2D eigenvalue weighted by atomic mass is 15.1. The summed E-state index contributed by atoms with van der Waals surface area (Å²) in [5, 5.41) is 0. The summed E-state index contributed by atoms with van der Waals surface area (Å²) in [7, 11) is 0. The van der Waals surface area contributed by atoms with Gasteiger partial charge >= 0.3 is 0 Å². The van der Waals surface area contributed by atoms with Gasteiger partial charge in [-0.2, -0.15) is 0 Å². The maximum Gasteiger partial charge on any atom is 0.145 e. The molecular weight excluding hydrogens is 224 g/mol. The fraction of sp³-hybridized carbons (Fsp3) is 0. The number of rotatable bonds is 2. The van der Waals surface area contributed by atoms with E-state index in [1.165, 1.54) is 0 Å². The predicted octanol–water partition coefficient (Wildman–Crippen LogP) is 2.52. The van der Waals surface area contributed by atoms with E-state index in [9.17, 15) is 0 Å². The minimum absolute atomic E-state index is 0.725. The van der Waals surface area contributed by atoms with Crippen LogP contribution in [-0.2, 0) is 0 Å². The maximum atomic E-state index is 5.80. The second kappa shape index (κ2) is 4.33. The highest BCUT2D eigenvalue weighted by molar-refractivity contribution is 5.62. The fourth-order valence-electron chi connectivity index (χ4n) is 1.88. The molecule has 0 atom stereocenters.